The lowest BCUT2D eigenvalue weighted by atomic mass is 9.77. The first-order valence-electron chi connectivity index (χ1n) is 9.11. The maximum Gasteiger partial charge on any atom is 0.270 e. The van der Waals surface area contributed by atoms with E-state index in [1.807, 2.05) is 52.1 Å². The molecular weight excluding hydrogens is 667 g/mol. The fraction of sp³-hybridized carbons (Fsp3) is 0.136. The number of rotatable bonds is 4. The SMILES string of the molecule is Cc1ccc(S(=O)(=O)N2C(=O)C(c3ccccc3F)(C(I)I)c3cc(Cl)ccc32)cc1. The molecule has 4 rings (SSSR count). The van der Waals surface area contributed by atoms with E-state index < -0.39 is 29.1 Å². The molecule has 0 saturated heterocycles. The van der Waals surface area contributed by atoms with Crippen LogP contribution in [0.2, 0.25) is 5.02 Å². The van der Waals surface area contributed by atoms with Crippen LogP contribution in [-0.2, 0) is 20.2 Å². The lowest BCUT2D eigenvalue weighted by Crippen LogP contribution is -2.47. The van der Waals surface area contributed by atoms with Gasteiger partial charge >= 0.3 is 0 Å². The number of fused-ring (bicyclic) bond motifs is 1. The Morgan fingerprint density at radius 3 is 2.26 bits per heavy atom. The van der Waals surface area contributed by atoms with Crippen molar-refractivity contribution < 1.29 is 17.6 Å². The monoisotopic (exact) mass is 681 g/mol. The molecule has 4 nitrogen and oxygen atoms in total. The molecule has 3 aromatic rings. The molecule has 1 aliphatic heterocycles. The highest BCUT2D eigenvalue weighted by atomic mass is 127. The van der Waals surface area contributed by atoms with E-state index in [2.05, 4.69) is 0 Å². The van der Waals surface area contributed by atoms with Gasteiger partial charge in [0.2, 0.25) is 0 Å². The molecule has 1 heterocycles. The van der Waals surface area contributed by atoms with E-state index in [0.29, 0.717) is 10.6 Å². The van der Waals surface area contributed by atoms with Crippen LogP contribution < -0.4 is 4.31 Å². The zero-order chi connectivity index (χ0) is 22.6. The van der Waals surface area contributed by atoms with Crippen LogP contribution in [0.5, 0.6) is 0 Å². The Labute approximate surface area is 212 Å². The first-order valence-corrected chi connectivity index (χ1v) is 13.4. The van der Waals surface area contributed by atoms with Gasteiger partial charge < -0.3 is 0 Å². The third kappa shape index (κ3) is 3.50. The van der Waals surface area contributed by atoms with Crippen LogP contribution in [0.1, 0.15) is 16.7 Å². The van der Waals surface area contributed by atoms with Gasteiger partial charge in [-0.25, -0.2) is 17.1 Å². The molecule has 0 aromatic heterocycles. The van der Waals surface area contributed by atoms with Gasteiger partial charge in [-0.05, 0) is 43.3 Å². The molecule has 0 fully saturated rings. The largest absolute Gasteiger partial charge is 0.272 e. The van der Waals surface area contributed by atoms with Crippen LogP contribution in [0.3, 0.4) is 0 Å². The average molecular weight is 682 g/mol. The first-order chi connectivity index (χ1) is 14.6. The number of hydrogen-bond donors (Lipinski definition) is 0. The van der Waals surface area contributed by atoms with Crippen molar-refractivity contribution in [1.29, 1.82) is 0 Å². The van der Waals surface area contributed by atoms with E-state index in [0.717, 1.165) is 9.87 Å². The lowest BCUT2D eigenvalue weighted by Gasteiger charge is -2.31. The fourth-order valence-corrected chi connectivity index (χ4v) is 7.33. The van der Waals surface area contributed by atoms with E-state index in [-0.39, 0.29) is 16.1 Å². The van der Waals surface area contributed by atoms with Crippen LogP contribution in [0, 0.1) is 12.7 Å². The van der Waals surface area contributed by atoms with E-state index in [9.17, 15) is 13.2 Å². The minimum absolute atomic E-state index is 0.0184. The van der Waals surface area contributed by atoms with Crippen molar-refractivity contribution in [3.63, 3.8) is 0 Å². The molecule has 0 spiro atoms. The molecule has 160 valence electrons. The average Bonchev–Trinajstić information content (AvgIpc) is 2.97. The molecule has 1 unspecified atom stereocenters. The second-order valence-corrected chi connectivity index (χ2v) is 14.2. The summed E-state index contributed by atoms with van der Waals surface area (Å²) < 4.78 is 42.5. The minimum Gasteiger partial charge on any atom is -0.272 e. The maximum absolute atomic E-state index is 15.0. The number of anilines is 1. The number of aryl methyl sites for hydroxylation is 1. The van der Waals surface area contributed by atoms with Crippen molar-refractivity contribution in [3.8, 4) is 0 Å². The van der Waals surface area contributed by atoms with Gasteiger partial charge in [0.25, 0.3) is 15.9 Å². The van der Waals surface area contributed by atoms with Crippen molar-refractivity contribution in [3.05, 3.63) is 94.3 Å². The van der Waals surface area contributed by atoms with Gasteiger partial charge in [-0.3, -0.25) is 4.79 Å². The summed E-state index contributed by atoms with van der Waals surface area (Å²) in [6.45, 7) is 1.84. The van der Waals surface area contributed by atoms with E-state index in [1.165, 1.54) is 42.5 Å². The molecular formula is C22H15ClFI2NO3S. The van der Waals surface area contributed by atoms with Gasteiger partial charge in [-0.15, -0.1) is 0 Å². The molecule has 0 N–H and O–H groups in total. The summed E-state index contributed by atoms with van der Waals surface area (Å²) in [6.07, 6.45) is 0. The fourth-order valence-electron chi connectivity index (χ4n) is 3.81. The summed E-state index contributed by atoms with van der Waals surface area (Å²) in [5.41, 5.74) is -0.0287. The summed E-state index contributed by atoms with van der Waals surface area (Å²) in [5.74, 6) is -1.32. The van der Waals surface area contributed by atoms with Gasteiger partial charge in [-0.2, -0.15) is 0 Å². The third-order valence-electron chi connectivity index (χ3n) is 5.31. The normalized spacial score (nSPS) is 18.5. The number of amides is 1. The highest BCUT2D eigenvalue weighted by molar-refractivity contribution is 14.2. The van der Waals surface area contributed by atoms with Crippen LogP contribution >= 0.6 is 56.8 Å². The van der Waals surface area contributed by atoms with E-state index in [4.69, 9.17) is 11.6 Å². The predicted molar refractivity (Wildman–Crippen MR) is 136 cm³/mol. The second kappa shape index (κ2) is 8.27. The molecule has 1 atom stereocenters. The number of sulfonamides is 1. The summed E-state index contributed by atoms with van der Waals surface area (Å²) in [6, 6.07) is 16.8. The molecule has 1 amide bonds. The molecule has 3 aromatic carbocycles. The van der Waals surface area contributed by atoms with Crippen molar-refractivity contribution in [2.75, 3.05) is 4.31 Å². The molecule has 9 heteroatoms. The number of hydrogen-bond acceptors (Lipinski definition) is 3. The smallest absolute Gasteiger partial charge is 0.270 e. The maximum atomic E-state index is 15.0. The van der Waals surface area contributed by atoms with E-state index in [1.54, 1.807) is 24.3 Å². The highest BCUT2D eigenvalue weighted by Gasteiger charge is 2.59. The summed E-state index contributed by atoms with van der Waals surface area (Å²) in [5, 5.41) is 0.329. The number of nitrogens with zero attached hydrogens (tertiary/aromatic N) is 1. The second-order valence-electron chi connectivity index (χ2n) is 7.14. The standard InChI is InChI=1S/C22H15ClFI2NO3S/c1-13-6-9-15(10-7-13)31(29,30)27-19-11-8-14(23)12-17(19)22(20(25)26,21(27)28)16-4-2-3-5-18(16)24/h2-12,20H,1H3. The Morgan fingerprint density at radius 2 is 1.65 bits per heavy atom. The minimum atomic E-state index is -4.24. The van der Waals surface area contributed by atoms with Crippen molar-refractivity contribution in [1.82, 2.24) is 0 Å². The Hall–Kier alpha value is -1.24. The Bertz CT molecular complexity index is 1300. The number of halogens is 4. The molecule has 0 radical (unpaired) electrons. The molecule has 0 aliphatic carbocycles. The first kappa shape index (κ1) is 22.9. The zero-order valence-corrected chi connectivity index (χ0v) is 21.9. The van der Waals surface area contributed by atoms with Crippen molar-refractivity contribution in [2.24, 2.45) is 0 Å². The van der Waals surface area contributed by atoms with Crippen LogP contribution in [0.15, 0.2) is 71.6 Å². The highest BCUT2D eigenvalue weighted by Crippen LogP contribution is 2.54. The van der Waals surface area contributed by atoms with Gasteiger partial charge in [0.15, 0.2) is 0 Å². The van der Waals surface area contributed by atoms with Crippen LogP contribution in [0.25, 0.3) is 0 Å². The van der Waals surface area contributed by atoms with Gasteiger partial charge in [0.1, 0.15) is 11.2 Å². The summed E-state index contributed by atoms with van der Waals surface area (Å²) >= 11 is 10.3. The van der Waals surface area contributed by atoms with Crippen LogP contribution in [0.4, 0.5) is 10.1 Å². The molecule has 1 aliphatic rings. The Morgan fingerprint density at radius 1 is 1.00 bits per heavy atom. The number of alkyl halides is 2. The van der Waals surface area contributed by atoms with Gasteiger partial charge in [0.05, 0.1) is 12.5 Å². The predicted octanol–water partition coefficient (Wildman–Crippen LogP) is 6.01. The van der Waals surface area contributed by atoms with Gasteiger partial charge in [0, 0.05) is 16.1 Å². The Kier molecular flexibility index (Phi) is 6.12. The number of carbonyl (C=O) groups excluding carboxylic acids is 1. The van der Waals surface area contributed by atoms with Gasteiger partial charge in [-0.1, -0.05) is 92.7 Å². The quantitative estimate of drug-likeness (QED) is 0.251. The number of benzene rings is 3. The molecule has 0 bridgehead atoms. The van der Waals surface area contributed by atoms with Crippen molar-refractivity contribution >= 4 is 78.4 Å². The Balaban J connectivity index is 2.05. The van der Waals surface area contributed by atoms with Crippen LogP contribution in [-0.4, -0.2) is 16.3 Å². The summed E-state index contributed by atoms with van der Waals surface area (Å²) in [4.78, 5) is 14.0. The molecule has 0 saturated carbocycles. The third-order valence-corrected chi connectivity index (χ3v) is 9.12. The molecule has 31 heavy (non-hydrogen) atoms. The van der Waals surface area contributed by atoms with E-state index >= 15 is 4.39 Å². The zero-order valence-electron chi connectivity index (χ0n) is 16.0. The summed E-state index contributed by atoms with van der Waals surface area (Å²) in [7, 11) is -4.24. The number of carbonyl (C=O) groups is 1. The topological polar surface area (TPSA) is 54.5 Å². The van der Waals surface area contributed by atoms with Crippen molar-refractivity contribution in [2.45, 2.75) is 19.2 Å². The lowest BCUT2D eigenvalue weighted by molar-refractivity contribution is -0.120.